The van der Waals surface area contributed by atoms with Crippen molar-refractivity contribution in [2.45, 2.75) is 0 Å². The first-order chi connectivity index (χ1) is 31.3. The predicted octanol–water partition coefficient (Wildman–Crippen LogP) is 12.6. The topological polar surface area (TPSA) is 9.86 Å². The lowest BCUT2D eigenvalue weighted by Gasteiger charge is -2.34. The Morgan fingerprint density at radius 1 is 0.222 bits per heavy atom. The molecule has 0 fully saturated rings. The molecule has 0 saturated heterocycles. The third kappa shape index (κ3) is 6.00. The highest BCUT2D eigenvalue weighted by Crippen LogP contribution is 2.39. The van der Waals surface area contributed by atoms with E-state index in [0.29, 0.717) is 0 Å². The van der Waals surface area contributed by atoms with Gasteiger partial charge < -0.3 is 9.13 Å². The average Bonchev–Trinajstić information content (AvgIpc) is 3.88. The van der Waals surface area contributed by atoms with Crippen molar-refractivity contribution in [2.24, 2.45) is 0 Å². The Morgan fingerprint density at radius 3 is 1.21 bits per heavy atom. The van der Waals surface area contributed by atoms with Gasteiger partial charge in [0.25, 0.3) is 0 Å². The average molecular weight is 819 g/mol. The van der Waals surface area contributed by atoms with Crippen molar-refractivity contribution in [3.8, 4) is 33.6 Å². The fourth-order valence-electron chi connectivity index (χ4n) is 10.2. The van der Waals surface area contributed by atoms with Crippen LogP contribution in [0, 0.1) is 0 Å². The molecule has 0 saturated carbocycles. The van der Waals surface area contributed by atoms with Crippen LogP contribution in [0.3, 0.4) is 0 Å². The first kappa shape index (κ1) is 36.8. The smallest absolute Gasteiger partial charge is 0.179 e. The molecule has 0 aliphatic heterocycles. The minimum atomic E-state index is -2.77. The third-order valence-corrected chi connectivity index (χ3v) is 17.8. The minimum Gasteiger partial charge on any atom is -0.309 e. The lowest BCUT2D eigenvalue weighted by Crippen LogP contribution is -2.74. The lowest BCUT2D eigenvalue weighted by molar-refractivity contribution is 1.18. The number of hydrogen-bond donors (Lipinski definition) is 0. The van der Waals surface area contributed by atoms with Gasteiger partial charge in [0.1, 0.15) is 0 Å². The molecule has 0 N–H and O–H groups in total. The molecule has 296 valence electrons. The number of fused-ring (bicyclic) bond motifs is 6. The maximum absolute atomic E-state index is 2.77. The zero-order valence-corrected chi connectivity index (χ0v) is 35.6. The molecule has 2 aromatic heterocycles. The van der Waals surface area contributed by atoms with Crippen LogP contribution in [0.4, 0.5) is 0 Å². The minimum absolute atomic E-state index is 1.15. The Hall–Kier alpha value is -7.98. The summed E-state index contributed by atoms with van der Waals surface area (Å²) >= 11 is 0. The summed E-state index contributed by atoms with van der Waals surface area (Å²) in [4.78, 5) is 0. The van der Waals surface area contributed by atoms with Crippen molar-refractivity contribution in [2.75, 3.05) is 0 Å². The van der Waals surface area contributed by atoms with Crippen LogP contribution in [0.5, 0.6) is 0 Å². The molecule has 0 aliphatic rings. The van der Waals surface area contributed by atoms with Crippen molar-refractivity contribution >= 4 is 72.4 Å². The summed E-state index contributed by atoms with van der Waals surface area (Å²) in [5.41, 5.74) is 11.9. The molecule has 2 heterocycles. The monoisotopic (exact) mass is 818 g/mol. The van der Waals surface area contributed by atoms with Gasteiger partial charge in [0.2, 0.25) is 0 Å². The van der Waals surface area contributed by atoms with E-state index in [4.69, 9.17) is 0 Å². The second-order valence-corrected chi connectivity index (χ2v) is 20.3. The van der Waals surface area contributed by atoms with Crippen LogP contribution in [0.15, 0.2) is 255 Å². The predicted molar refractivity (Wildman–Crippen MR) is 270 cm³/mol. The van der Waals surface area contributed by atoms with E-state index in [1.54, 1.807) is 0 Å². The highest BCUT2D eigenvalue weighted by atomic mass is 28.3. The molecule has 12 aromatic rings. The Balaban J connectivity index is 1.08. The maximum atomic E-state index is 2.53. The van der Waals surface area contributed by atoms with Gasteiger partial charge in [-0.2, -0.15) is 0 Å². The molecule has 0 bridgehead atoms. The van der Waals surface area contributed by atoms with Gasteiger partial charge in [-0.15, -0.1) is 0 Å². The van der Waals surface area contributed by atoms with Crippen molar-refractivity contribution in [1.82, 2.24) is 9.13 Å². The molecule has 0 aliphatic carbocycles. The van der Waals surface area contributed by atoms with Crippen LogP contribution in [-0.2, 0) is 0 Å². The molecule has 0 atom stereocenters. The van der Waals surface area contributed by atoms with E-state index in [1.165, 1.54) is 86.6 Å². The molecule has 12 rings (SSSR count). The second kappa shape index (κ2) is 15.2. The largest absolute Gasteiger partial charge is 0.309 e. The van der Waals surface area contributed by atoms with Crippen molar-refractivity contribution in [1.29, 1.82) is 0 Å². The van der Waals surface area contributed by atoms with Crippen molar-refractivity contribution < 1.29 is 0 Å². The van der Waals surface area contributed by atoms with Gasteiger partial charge in [-0.1, -0.05) is 194 Å². The van der Waals surface area contributed by atoms with E-state index < -0.39 is 8.07 Å². The van der Waals surface area contributed by atoms with E-state index in [-0.39, 0.29) is 0 Å². The first-order valence-electron chi connectivity index (χ1n) is 21.8. The molecule has 10 aromatic carbocycles. The number of rotatable bonds is 8. The van der Waals surface area contributed by atoms with Crippen LogP contribution in [0.2, 0.25) is 0 Å². The van der Waals surface area contributed by atoms with Gasteiger partial charge in [-0.05, 0) is 104 Å². The fraction of sp³-hybridized carbons (Fsp3) is 0. The van der Waals surface area contributed by atoms with Gasteiger partial charge in [0.15, 0.2) is 8.07 Å². The van der Waals surface area contributed by atoms with Crippen LogP contribution < -0.4 is 20.7 Å². The second-order valence-electron chi connectivity index (χ2n) is 16.5. The third-order valence-electron chi connectivity index (χ3n) is 13.1. The zero-order chi connectivity index (χ0) is 41.7. The highest BCUT2D eigenvalue weighted by Gasteiger charge is 2.41. The molecular formula is C60H42N2Si. The number of nitrogens with zero attached hydrogens (tertiary/aromatic N) is 2. The number of aromatic nitrogens is 2. The van der Waals surface area contributed by atoms with Gasteiger partial charge in [-0.3, -0.25) is 0 Å². The van der Waals surface area contributed by atoms with Crippen LogP contribution in [0.1, 0.15) is 0 Å². The zero-order valence-electron chi connectivity index (χ0n) is 34.6. The summed E-state index contributed by atoms with van der Waals surface area (Å²) in [5.74, 6) is 0. The van der Waals surface area contributed by atoms with Gasteiger partial charge >= 0.3 is 0 Å². The normalized spacial score (nSPS) is 11.8. The van der Waals surface area contributed by atoms with E-state index >= 15 is 0 Å². The molecule has 0 amide bonds. The van der Waals surface area contributed by atoms with E-state index in [0.717, 1.165) is 11.4 Å². The van der Waals surface area contributed by atoms with E-state index in [1.807, 2.05) is 0 Å². The number of hydrogen-bond acceptors (Lipinski definition) is 0. The highest BCUT2D eigenvalue weighted by molar-refractivity contribution is 7.20. The molecule has 2 nitrogen and oxygen atoms in total. The molecule has 0 radical (unpaired) electrons. The molecule has 3 heteroatoms. The van der Waals surface area contributed by atoms with Crippen molar-refractivity contribution in [3.63, 3.8) is 0 Å². The van der Waals surface area contributed by atoms with E-state index in [9.17, 15) is 0 Å². The Kier molecular flexibility index (Phi) is 8.87. The van der Waals surface area contributed by atoms with E-state index in [2.05, 4.69) is 264 Å². The van der Waals surface area contributed by atoms with Crippen LogP contribution in [0.25, 0.3) is 77.2 Å². The van der Waals surface area contributed by atoms with Gasteiger partial charge in [0, 0.05) is 32.9 Å². The quantitative estimate of drug-likeness (QED) is 0.107. The maximum Gasteiger partial charge on any atom is 0.179 e. The molecular weight excluding hydrogens is 777 g/mol. The van der Waals surface area contributed by atoms with Crippen LogP contribution >= 0.6 is 0 Å². The van der Waals surface area contributed by atoms with Crippen molar-refractivity contribution in [3.05, 3.63) is 255 Å². The molecule has 0 unspecified atom stereocenters. The van der Waals surface area contributed by atoms with Gasteiger partial charge in [-0.25, -0.2) is 0 Å². The van der Waals surface area contributed by atoms with Crippen LogP contribution in [-0.4, -0.2) is 17.2 Å². The summed E-state index contributed by atoms with van der Waals surface area (Å²) in [6.07, 6.45) is 0. The SMILES string of the molecule is c1ccc(-c2cccc(-n3c4ccccc4c4cc(-c5ccc6c(c5)c5cc([Si](c7ccccc7)(c7ccccc7)c7ccccc7)ccc5n6-c5ccccc5)ccc43)c2)cc1. The first-order valence-corrected chi connectivity index (χ1v) is 23.8. The van der Waals surface area contributed by atoms with Gasteiger partial charge in [0.05, 0.1) is 22.1 Å². The Labute approximate surface area is 368 Å². The molecule has 0 spiro atoms. The summed E-state index contributed by atoms with van der Waals surface area (Å²) in [6.45, 7) is 0. The lowest BCUT2D eigenvalue weighted by atomic mass is 10.0. The number of para-hydroxylation sites is 2. The summed E-state index contributed by atoms with van der Waals surface area (Å²) in [7, 11) is -2.77. The number of benzene rings is 10. The standard InChI is InChI=1S/C60H42N2Si/c1-6-19-43(20-7-1)44-21-18-24-48(39-44)62-57-32-17-16-31-53(57)54-40-45(33-36-58(54)62)46-34-37-59-55(41-46)56-42-52(35-38-60(56)61(59)47-22-8-2-9-23-47)63(49-25-10-3-11-26-49,50-27-12-4-13-28-50)51-29-14-5-15-30-51/h1-42H. The summed E-state index contributed by atoms with van der Waals surface area (Å²) < 4.78 is 4.86. The Bertz CT molecular complexity index is 3500. The molecule has 63 heavy (non-hydrogen) atoms. The fourth-order valence-corrected chi connectivity index (χ4v) is 15.0. The summed E-state index contributed by atoms with van der Waals surface area (Å²) in [5, 5.41) is 10.5. The summed E-state index contributed by atoms with van der Waals surface area (Å²) in [6, 6.07) is 94.2. The Morgan fingerprint density at radius 2 is 0.619 bits per heavy atom.